The predicted octanol–water partition coefficient (Wildman–Crippen LogP) is 1.01. The molecule has 0 unspecified atom stereocenters. The number of hydrogen-bond donors (Lipinski definition) is 2. The second-order valence-corrected chi connectivity index (χ2v) is 8.24. The van der Waals surface area contributed by atoms with Gasteiger partial charge in [-0.1, -0.05) is 29.8 Å². The van der Waals surface area contributed by atoms with Gasteiger partial charge in [0.2, 0.25) is 15.9 Å². The lowest BCUT2D eigenvalue weighted by Crippen LogP contribution is -2.47. The molecule has 2 rings (SSSR count). The van der Waals surface area contributed by atoms with Crippen LogP contribution in [0.5, 0.6) is 5.75 Å². The fourth-order valence-electron chi connectivity index (χ4n) is 2.33. The lowest BCUT2D eigenvalue weighted by atomic mass is 10.1. The highest BCUT2D eigenvalue weighted by molar-refractivity contribution is 7.89. The van der Waals surface area contributed by atoms with Crippen molar-refractivity contribution in [3.05, 3.63) is 59.7 Å². The van der Waals surface area contributed by atoms with E-state index in [1.54, 1.807) is 43.5 Å². The molecule has 150 valence electrons. The Morgan fingerprint density at radius 2 is 1.54 bits per heavy atom. The number of methoxy groups -OCH3 is 1. The highest BCUT2D eigenvalue weighted by Crippen LogP contribution is 2.14. The Morgan fingerprint density at radius 3 is 2.11 bits per heavy atom. The quantitative estimate of drug-likeness (QED) is 0.669. The number of nitrogens with zero attached hydrogens (tertiary/aromatic N) is 1. The lowest BCUT2D eigenvalue weighted by molar-refractivity contribution is -0.128. The van der Waals surface area contributed by atoms with Gasteiger partial charge in [-0.3, -0.25) is 20.4 Å². The molecule has 28 heavy (non-hydrogen) atoms. The number of nitrogens with one attached hydrogen (secondary N) is 2. The number of aryl methyl sites for hydroxylation is 1. The van der Waals surface area contributed by atoms with Crippen molar-refractivity contribution in [2.24, 2.45) is 0 Å². The van der Waals surface area contributed by atoms with Gasteiger partial charge in [0.15, 0.2) is 0 Å². The predicted molar refractivity (Wildman–Crippen MR) is 104 cm³/mol. The van der Waals surface area contributed by atoms with Crippen LogP contribution >= 0.6 is 0 Å². The highest BCUT2D eigenvalue weighted by atomic mass is 32.2. The monoisotopic (exact) mass is 405 g/mol. The van der Waals surface area contributed by atoms with Crippen LogP contribution in [0, 0.1) is 6.92 Å². The molecule has 0 aromatic heterocycles. The summed E-state index contributed by atoms with van der Waals surface area (Å²) in [5.74, 6) is -0.404. The Kier molecular flexibility index (Phi) is 7.13. The van der Waals surface area contributed by atoms with E-state index in [1.807, 2.05) is 6.92 Å². The van der Waals surface area contributed by atoms with E-state index in [1.165, 1.54) is 19.2 Å². The van der Waals surface area contributed by atoms with Crippen LogP contribution in [0.15, 0.2) is 53.4 Å². The Hall–Kier alpha value is -2.91. The van der Waals surface area contributed by atoms with Gasteiger partial charge in [0.05, 0.1) is 25.0 Å². The van der Waals surface area contributed by atoms with Crippen LogP contribution in [0.3, 0.4) is 0 Å². The molecule has 0 aliphatic heterocycles. The molecule has 0 aliphatic carbocycles. The largest absolute Gasteiger partial charge is 0.497 e. The Labute approximate surface area is 164 Å². The molecule has 0 atom stereocenters. The number of ether oxygens (including phenoxy) is 1. The van der Waals surface area contributed by atoms with Crippen LogP contribution in [0.4, 0.5) is 0 Å². The minimum atomic E-state index is -3.80. The average molecular weight is 405 g/mol. The summed E-state index contributed by atoms with van der Waals surface area (Å²) >= 11 is 0. The Balaban J connectivity index is 1.85. The molecule has 2 aromatic rings. The minimum absolute atomic E-state index is 0.0573. The summed E-state index contributed by atoms with van der Waals surface area (Å²) in [5, 5.41) is 0. The topological polar surface area (TPSA) is 105 Å². The third-order valence-electron chi connectivity index (χ3n) is 3.96. The van der Waals surface area contributed by atoms with Gasteiger partial charge in [0.25, 0.3) is 5.91 Å². The van der Waals surface area contributed by atoms with Crippen molar-refractivity contribution in [3.63, 3.8) is 0 Å². The molecule has 0 bridgehead atoms. The summed E-state index contributed by atoms with van der Waals surface area (Å²) in [5.41, 5.74) is 6.16. The van der Waals surface area contributed by atoms with Crippen molar-refractivity contribution < 1.29 is 22.7 Å². The fraction of sp³-hybridized carbons (Fsp3) is 0.263. The lowest BCUT2D eigenvalue weighted by Gasteiger charge is -2.17. The number of carbonyl (C=O) groups excluding carboxylic acids is 2. The molecule has 0 fully saturated rings. The third-order valence-corrected chi connectivity index (χ3v) is 5.78. The highest BCUT2D eigenvalue weighted by Gasteiger charge is 2.22. The van der Waals surface area contributed by atoms with Crippen LogP contribution in [-0.2, 0) is 26.0 Å². The molecule has 2 aromatic carbocycles. The second-order valence-electron chi connectivity index (χ2n) is 6.20. The second kappa shape index (κ2) is 9.34. The zero-order chi connectivity index (χ0) is 20.7. The number of hydrazine groups is 1. The van der Waals surface area contributed by atoms with E-state index in [0.29, 0.717) is 5.75 Å². The zero-order valence-corrected chi connectivity index (χ0v) is 16.7. The molecule has 0 aliphatic rings. The molecule has 0 saturated carbocycles. The number of carbonyl (C=O) groups is 2. The number of benzene rings is 2. The van der Waals surface area contributed by atoms with Gasteiger partial charge in [-0.15, -0.1) is 0 Å². The van der Waals surface area contributed by atoms with Gasteiger partial charge in [-0.05, 0) is 36.8 Å². The van der Waals surface area contributed by atoms with Gasteiger partial charge >= 0.3 is 0 Å². The maximum absolute atomic E-state index is 12.5. The molecule has 0 spiro atoms. The van der Waals surface area contributed by atoms with Crippen molar-refractivity contribution >= 4 is 21.8 Å². The van der Waals surface area contributed by atoms with Crippen LogP contribution in [0.2, 0.25) is 0 Å². The molecule has 9 heteroatoms. The SMILES string of the molecule is COc1ccc(CC(=O)NNC(=O)CN(C)S(=O)(=O)c2ccc(C)cc2)cc1. The normalized spacial score (nSPS) is 11.1. The third kappa shape index (κ3) is 5.80. The van der Waals surface area contributed by atoms with E-state index in [9.17, 15) is 18.0 Å². The number of hydrogen-bond acceptors (Lipinski definition) is 5. The van der Waals surface area contributed by atoms with Gasteiger partial charge < -0.3 is 4.74 Å². The standard InChI is InChI=1S/C19H23N3O5S/c1-14-4-10-17(11-5-14)28(25,26)22(2)13-19(24)21-20-18(23)12-15-6-8-16(27-3)9-7-15/h4-11H,12-13H2,1-3H3,(H,20,23)(H,21,24). The van der Waals surface area contributed by atoms with Gasteiger partial charge in [0.1, 0.15) is 5.75 Å². The summed E-state index contributed by atoms with van der Waals surface area (Å²) in [7, 11) is -0.948. The number of sulfonamides is 1. The maximum atomic E-state index is 12.5. The van der Waals surface area contributed by atoms with Crippen LogP contribution in [-0.4, -0.2) is 45.2 Å². The summed E-state index contributed by atoms with van der Waals surface area (Å²) in [6.07, 6.45) is 0.0573. The van der Waals surface area contributed by atoms with E-state index in [-0.39, 0.29) is 11.3 Å². The van der Waals surface area contributed by atoms with E-state index in [4.69, 9.17) is 4.74 Å². The average Bonchev–Trinajstić information content (AvgIpc) is 2.67. The first kappa shape index (κ1) is 21.4. The minimum Gasteiger partial charge on any atom is -0.497 e. The smallest absolute Gasteiger partial charge is 0.253 e. The molecule has 0 heterocycles. The molecule has 0 radical (unpaired) electrons. The number of likely N-dealkylation sites (N-methyl/N-ethyl adjacent to an activating group) is 1. The zero-order valence-electron chi connectivity index (χ0n) is 15.9. The first-order valence-electron chi connectivity index (χ1n) is 8.46. The molecule has 2 N–H and O–H groups in total. The fourth-order valence-corrected chi connectivity index (χ4v) is 3.46. The van der Waals surface area contributed by atoms with E-state index >= 15 is 0 Å². The first-order chi connectivity index (χ1) is 13.2. The van der Waals surface area contributed by atoms with Crippen molar-refractivity contribution in [2.45, 2.75) is 18.2 Å². The van der Waals surface area contributed by atoms with Crippen molar-refractivity contribution in [1.82, 2.24) is 15.2 Å². The molecule has 2 amide bonds. The molecule has 8 nitrogen and oxygen atoms in total. The summed E-state index contributed by atoms with van der Waals surface area (Å²) < 4.78 is 30.9. The van der Waals surface area contributed by atoms with E-state index < -0.39 is 28.4 Å². The molecule has 0 saturated heterocycles. The first-order valence-corrected chi connectivity index (χ1v) is 9.90. The van der Waals surface area contributed by atoms with Crippen molar-refractivity contribution in [2.75, 3.05) is 20.7 Å². The van der Waals surface area contributed by atoms with Crippen molar-refractivity contribution in [3.8, 4) is 5.75 Å². The summed E-state index contributed by atoms with van der Waals surface area (Å²) in [6.45, 7) is 1.42. The maximum Gasteiger partial charge on any atom is 0.253 e. The van der Waals surface area contributed by atoms with Crippen LogP contribution in [0.1, 0.15) is 11.1 Å². The Bertz CT molecular complexity index is 925. The van der Waals surface area contributed by atoms with E-state index in [0.717, 1.165) is 15.4 Å². The van der Waals surface area contributed by atoms with Gasteiger partial charge in [-0.2, -0.15) is 4.31 Å². The van der Waals surface area contributed by atoms with Crippen LogP contribution < -0.4 is 15.6 Å². The van der Waals surface area contributed by atoms with Crippen LogP contribution in [0.25, 0.3) is 0 Å². The number of amides is 2. The number of rotatable bonds is 7. The summed E-state index contributed by atoms with van der Waals surface area (Å²) in [4.78, 5) is 24.0. The Morgan fingerprint density at radius 1 is 0.964 bits per heavy atom. The summed E-state index contributed by atoms with van der Waals surface area (Å²) in [6, 6.07) is 13.3. The van der Waals surface area contributed by atoms with E-state index in [2.05, 4.69) is 10.9 Å². The van der Waals surface area contributed by atoms with Gasteiger partial charge in [-0.25, -0.2) is 8.42 Å². The molecular weight excluding hydrogens is 382 g/mol. The van der Waals surface area contributed by atoms with Gasteiger partial charge in [0, 0.05) is 7.05 Å². The molecular formula is C19H23N3O5S. The van der Waals surface area contributed by atoms with Crippen molar-refractivity contribution in [1.29, 1.82) is 0 Å².